The van der Waals surface area contributed by atoms with Crippen LogP contribution in [0.2, 0.25) is 0 Å². The second-order valence-corrected chi connectivity index (χ2v) is 9.89. The van der Waals surface area contributed by atoms with Gasteiger partial charge in [0.25, 0.3) is 11.8 Å². The Morgan fingerprint density at radius 1 is 1.06 bits per heavy atom. The zero-order chi connectivity index (χ0) is 25.8. The molecule has 1 aliphatic carbocycles. The Balaban J connectivity index is 1.63. The van der Waals surface area contributed by atoms with Crippen molar-refractivity contribution in [1.29, 1.82) is 0 Å². The Morgan fingerprint density at radius 3 is 2.44 bits per heavy atom. The second kappa shape index (κ2) is 11.1. The van der Waals surface area contributed by atoms with Crippen molar-refractivity contribution in [2.75, 3.05) is 39.2 Å². The summed E-state index contributed by atoms with van der Waals surface area (Å²) >= 11 is 0. The molecule has 1 heterocycles. The number of likely N-dealkylation sites (N-methyl/N-ethyl adjacent to an activating group) is 1. The average Bonchev–Trinajstić information content (AvgIpc) is 3.73. The predicted molar refractivity (Wildman–Crippen MR) is 137 cm³/mol. The first-order valence-electron chi connectivity index (χ1n) is 12.5. The lowest BCUT2D eigenvalue weighted by molar-refractivity contribution is -0.136. The van der Waals surface area contributed by atoms with E-state index in [0.717, 1.165) is 12.8 Å². The average molecular weight is 494 g/mol. The van der Waals surface area contributed by atoms with Crippen molar-refractivity contribution in [2.45, 2.75) is 38.8 Å². The summed E-state index contributed by atoms with van der Waals surface area (Å²) in [6.07, 6.45) is 1.62. The third-order valence-corrected chi connectivity index (χ3v) is 6.95. The highest BCUT2D eigenvalue weighted by atomic mass is 16.5. The molecule has 3 amide bonds. The fraction of sp³-hybridized carbons (Fsp3) is 0.464. The van der Waals surface area contributed by atoms with Crippen molar-refractivity contribution >= 4 is 23.4 Å². The topological polar surface area (TPSA) is 88.2 Å². The number of anilines is 1. The molecule has 2 aromatic rings. The summed E-state index contributed by atoms with van der Waals surface area (Å²) in [4.78, 5) is 42.7. The molecule has 8 heteroatoms. The van der Waals surface area contributed by atoms with Crippen molar-refractivity contribution in [3.8, 4) is 5.75 Å². The van der Waals surface area contributed by atoms with Gasteiger partial charge in [0.1, 0.15) is 12.4 Å². The molecule has 36 heavy (non-hydrogen) atoms. The summed E-state index contributed by atoms with van der Waals surface area (Å²) < 4.78 is 11.9. The molecule has 1 aliphatic heterocycles. The van der Waals surface area contributed by atoms with E-state index in [4.69, 9.17) is 9.47 Å². The van der Waals surface area contributed by atoms with E-state index in [2.05, 4.69) is 12.2 Å². The Kier molecular flexibility index (Phi) is 7.94. The molecule has 4 rings (SSSR count). The lowest BCUT2D eigenvalue weighted by Crippen LogP contribution is -2.49. The fourth-order valence-electron chi connectivity index (χ4n) is 4.51. The zero-order valence-corrected chi connectivity index (χ0v) is 21.4. The number of hydrogen-bond donors (Lipinski definition) is 1. The highest BCUT2D eigenvalue weighted by molar-refractivity contribution is 6.05. The molecular formula is C28H35N3O5. The third kappa shape index (κ3) is 5.87. The smallest absolute Gasteiger partial charge is 0.257 e. The molecule has 1 saturated carbocycles. The molecule has 1 N–H and O–H groups in total. The van der Waals surface area contributed by atoms with Gasteiger partial charge < -0.3 is 24.6 Å². The number of carbonyl (C=O) groups is 3. The van der Waals surface area contributed by atoms with Gasteiger partial charge in [-0.25, -0.2) is 0 Å². The van der Waals surface area contributed by atoms with Crippen LogP contribution in [0.5, 0.6) is 5.75 Å². The number of fused-ring (bicyclic) bond motifs is 1. The van der Waals surface area contributed by atoms with Crippen molar-refractivity contribution < 1.29 is 23.9 Å². The van der Waals surface area contributed by atoms with Gasteiger partial charge in [-0.05, 0) is 44.0 Å². The van der Waals surface area contributed by atoms with Crippen LogP contribution >= 0.6 is 0 Å². The van der Waals surface area contributed by atoms with Gasteiger partial charge in [-0.3, -0.25) is 14.4 Å². The molecule has 0 aromatic heterocycles. The first kappa shape index (κ1) is 25.7. The quantitative estimate of drug-likeness (QED) is 0.702. The van der Waals surface area contributed by atoms with E-state index in [1.54, 1.807) is 61.5 Å². The molecule has 2 aromatic carbocycles. The van der Waals surface area contributed by atoms with Crippen LogP contribution in [-0.4, -0.2) is 73.5 Å². The maximum Gasteiger partial charge on any atom is 0.257 e. The largest absolute Gasteiger partial charge is 0.491 e. The molecule has 3 atom stereocenters. The van der Waals surface area contributed by atoms with Crippen LogP contribution in [0.15, 0.2) is 48.5 Å². The molecule has 192 valence electrons. The fourth-order valence-corrected chi connectivity index (χ4v) is 4.51. The molecule has 8 nitrogen and oxygen atoms in total. The van der Waals surface area contributed by atoms with E-state index in [1.165, 1.54) is 0 Å². The Labute approximate surface area is 212 Å². The second-order valence-electron chi connectivity index (χ2n) is 9.89. The van der Waals surface area contributed by atoms with E-state index < -0.39 is 0 Å². The van der Waals surface area contributed by atoms with Crippen molar-refractivity contribution in [1.82, 2.24) is 9.80 Å². The van der Waals surface area contributed by atoms with Crippen LogP contribution in [0.25, 0.3) is 0 Å². The lowest BCUT2D eigenvalue weighted by atomic mass is 10.0. The first-order chi connectivity index (χ1) is 17.3. The summed E-state index contributed by atoms with van der Waals surface area (Å²) in [5.41, 5.74) is 1.45. The van der Waals surface area contributed by atoms with Crippen molar-refractivity contribution in [3.63, 3.8) is 0 Å². The number of hydrogen-bond acceptors (Lipinski definition) is 5. The summed E-state index contributed by atoms with van der Waals surface area (Å²) in [6, 6.07) is 13.8. The van der Waals surface area contributed by atoms with Gasteiger partial charge in [0.15, 0.2) is 0 Å². The number of nitrogens with zero attached hydrogens (tertiary/aromatic N) is 2. The van der Waals surface area contributed by atoms with Crippen LogP contribution in [0.4, 0.5) is 5.69 Å². The SMILES string of the molecule is CO[C@H]1CN(C)C(=O)c2ccc(NC(=O)c3ccccc3)cc2OC[C@@H](C)N(C(=O)C2CC2)C[C@@H]1C. The number of amides is 3. The number of benzene rings is 2. The summed E-state index contributed by atoms with van der Waals surface area (Å²) in [7, 11) is 3.37. The van der Waals surface area contributed by atoms with Gasteiger partial charge >= 0.3 is 0 Å². The van der Waals surface area contributed by atoms with Crippen LogP contribution in [0, 0.1) is 11.8 Å². The van der Waals surface area contributed by atoms with Crippen LogP contribution in [0.1, 0.15) is 47.4 Å². The van der Waals surface area contributed by atoms with E-state index in [-0.39, 0.29) is 48.3 Å². The minimum absolute atomic E-state index is 0.0323. The molecule has 0 bridgehead atoms. The Hall–Kier alpha value is -3.39. The highest BCUT2D eigenvalue weighted by Gasteiger charge is 2.37. The lowest BCUT2D eigenvalue weighted by Gasteiger charge is -2.36. The van der Waals surface area contributed by atoms with Gasteiger partial charge in [0, 0.05) is 56.4 Å². The number of methoxy groups -OCH3 is 1. The van der Waals surface area contributed by atoms with Gasteiger partial charge in [-0.1, -0.05) is 25.1 Å². The van der Waals surface area contributed by atoms with Crippen molar-refractivity contribution in [3.05, 3.63) is 59.7 Å². The van der Waals surface area contributed by atoms with Crippen LogP contribution < -0.4 is 10.1 Å². The summed E-state index contributed by atoms with van der Waals surface area (Å²) in [6.45, 7) is 5.15. The number of nitrogens with one attached hydrogen (secondary N) is 1. The minimum atomic E-state index is -0.251. The Bertz CT molecular complexity index is 1100. The minimum Gasteiger partial charge on any atom is -0.491 e. The van der Waals surface area contributed by atoms with Gasteiger partial charge in [0.05, 0.1) is 17.7 Å². The standard InChI is InChI=1S/C28H35N3O5/c1-18-15-31(27(33)21-10-11-21)19(2)17-36-24-14-22(29-26(32)20-8-6-5-7-9-20)12-13-23(24)28(34)30(3)16-25(18)35-4/h5-9,12-14,18-19,21,25H,10-11,15-17H2,1-4H3,(H,29,32)/t18-,19+,25-/m0/s1. The number of carbonyl (C=O) groups excluding carboxylic acids is 3. The first-order valence-corrected chi connectivity index (χ1v) is 12.5. The molecule has 2 aliphatic rings. The molecular weight excluding hydrogens is 458 g/mol. The molecule has 1 fully saturated rings. The van der Waals surface area contributed by atoms with E-state index in [1.807, 2.05) is 17.9 Å². The maximum atomic E-state index is 13.4. The molecule has 0 radical (unpaired) electrons. The number of rotatable bonds is 4. The summed E-state index contributed by atoms with van der Waals surface area (Å²) in [5, 5.41) is 2.88. The Morgan fingerprint density at radius 2 is 1.78 bits per heavy atom. The van der Waals surface area contributed by atoms with Crippen molar-refractivity contribution in [2.24, 2.45) is 11.8 Å². The normalized spacial score (nSPS) is 23.1. The van der Waals surface area contributed by atoms with E-state index in [9.17, 15) is 14.4 Å². The predicted octanol–water partition coefficient (Wildman–Crippen LogP) is 3.68. The third-order valence-electron chi connectivity index (χ3n) is 6.95. The number of ether oxygens (including phenoxy) is 2. The van der Waals surface area contributed by atoms with E-state index in [0.29, 0.717) is 35.7 Å². The summed E-state index contributed by atoms with van der Waals surface area (Å²) in [5.74, 6) is 0.192. The van der Waals surface area contributed by atoms with Gasteiger partial charge in [-0.15, -0.1) is 0 Å². The van der Waals surface area contributed by atoms with Gasteiger partial charge in [0.2, 0.25) is 5.91 Å². The molecule has 0 saturated heterocycles. The monoisotopic (exact) mass is 493 g/mol. The molecule has 0 spiro atoms. The van der Waals surface area contributed by atoms with Crippen LogP contribution in [-0.2, 0) is 9.53 Å². The van der Waals surface area contributed by atoms with Gasteiger partial charge in [-0.2, -0.15) is 0 Å². The molecule has 0 unspecified atom stereocenters. The zero-order valence-electron chi connectivity index (χ0n) is 21.4. The van der Waals surface area contributed by atoms with Crippen LogP contribution in [0.3, 0.4) is 0 Å². The van der Waals surface area contributed by atoms with E-state index >= 15 is 0 Å². The maximum absolute atomic E-state index is 13.4. The highest BCUT2D eigenvalue weighted by Crippen LogP contribution is 2.33.